The van der Waals surface area contributed by atoms with Crippen LogP contribution in [0.5, 0.6) is 0 Å². The van der Waals surface area contributed by atoms with Crippen molar-refractivity contribution < 1.29 is 9.90 Å². The van der Waals surface area contributed by atoms with Crippen LogP contribution < -0.4 is 5.56 Å². The van der Waals surface area contributed by atoms with Gasteiger partial charge in [0.15, 0.2) is 0 Å². The third kappa shape index (κ3) is 1.20. The zero-order valence-corrected chi connectivity index (χ0v) is 9.47. The number of hydrogen-bond acceptors (Lipinski definition) is 3. The second-order valence-corrected chi connectivity index (χ2v) is 3.99. The number of carbonyl (C=O) groups is 1. The van der Waals surface area contributed by atoms with Gasteiger partial charge in [-0.2, -0.15) is 0 Å². The first-order chi connectivity index (χ1) is 8.61. The van der Waals surface area contributed by atoms with Crippen LogP contribution in [0.2, 0.25) is 0 Å². The van der Waals surface area contributed by atoms with Crippen molar-refractivity contribution in [3.8, 4) is 0 Å². The van der Waals surface area contributed by atoms with E-state index in [0.29, 0.717) is 21.9 Å². The number of aromatic amines is 1. The van der Waals surface area contributed by atoms with Crippen molar-refractivity contribution in [3.05, 3.63) is 40.4 Å². The maximum absolute atomic E-state index is 11.8. The molecule has 0 radical (unpaired) electrons. The Morgan fingerprint density at radius 2 is 2.22 bits per heavy atom. The van der Waals surface area contributed by atoms with E-state index in [9.17, 15) is 14.7 Å². The molecule has 2 aromatic heterocycles. The summed E-state index contributed by atoms with van der Waals surface area (Å²) in [5, 5.41) is 9.69. The summed E-state index contributed by atoms with van der Waals surface area (Å²) in [5.74, 6) is -1.03. The van der Waals surface area contributed by atoms with Crippen molar-refractivity contribution in [2.75, 3.05) is 0 Å². The zero-order valence-electron chi connectivity index (χ0n) is 9.47. The minimum absolute atomic E-state index is 0.149. The number of hydrogen-bond donors (Lipinski definition) is 2. The molecule has 6 nitrogen and oxygen atoms in total. The highest BCUT2D eigenvalue weighted by molar-refractivity contribution is 6.14. The van der Waals surface area contributed by atoms with Crippen LogP contribution in [-0.2, 0) is 7.05 Å². The van der Waals surface area contributed by atoms with E-state index in [0.717, 1.165) is 0 Å². The topological polar surface area (TPSA) is 88.0 Å². The molecule has 18 heavy (non-hydrogen) atoms. The summed E-state index contributed by atoms with van der Waals surface area (Å²) in [7, 11) is 1.72. The predicted molar refractivity (Wildman–Crippen MR) is 65.8 cm³/mol. The highest BCUT2D eigenvalue weighted by atomic mass is 16.4. The number of aromatic carboxylic acids is 1. The number of H-pyrrole nitrogens is 1. The van der Waals surface area contributed by atoms with Gasteiger partial charge in [0.2, 0.25) is 0 Å². The van der Waals surface area contributed by atoms with Gasteiger partial charge in [-0.05, 0) is 12.1 Å². The van der Waals surface area contributed by atoms with E-state index in [4.69, 9.17) is 0 Å². The van der Waals surface area contributed by atoms with Crippen molar-refractivity contribution >= 4 is 27.9 Å². The Morgan fingerprint density at radius 1 is 1.44 bits per heavy atom. The van der Waals surface area contributed by atoms with Gasteiger partial charge in [-0.15, -0.1) is 0 Å². The maximum atomic E-state index is 11.8. The number of benzene rings is 1. The van der Waals surface area contributed by atoms with Gasteiger partial charge in [0, 0.05) is 12.4 Å². The maximum Gasteiger partial charge on any atom is 0.336 e. The van der Waals surface area contributed by atoms with Crippen LogP contribution in [0.3, 0.4) is 0 Å². The predicted octanol–water partition coefficient (Wildman–Crippen LogP) is 1.11. The lowest BCUT2D eigenvalue weighted by atomic mass is 10.1. The fourth-order valence-corrected chi connectivity index (χ4v) is 2.25. The average molecular weight is 243 g/mol. The van der Waals surface area contributed by atoms with Crippen LogP contribution in [0.25, 0.3) is 21.9 Å². The molecule has 0 saturated heterocycles. The van der Waals surface area contributed by atoms with Gasteiger partial charge in [0.25, 0.3) is 5.56 Å². The number of nitrogens with zero attached hydrogens (tertiary/aromatic N) is 2. The summed E-state index contributed by atoms with van der Waals surface area (Å²) < 4.78 is 1.66. The lowest BCUT2D eigenvalue weighted by Crippen LogP contribution is -2.09. The third-order valence-electron chi connectivity index (χ3n) is 3.04. The second-order valence-electron chi connectivity index (χ2n) is 3.99. The summed E-state index contributed by atoms with van der Waals surface area (Å²) in [6.45, 7) is 0. The minimum Gasteiger partial charge on any atom is -0.478 e. The van der Waals surface area contributed by atoms with Crippen LogP contribution in [-0.4, -0.2) is 25.6 Å². The van der Waals surface area contributed by atoms with Gasteiger partial charge in [-0.25, -0.2) is 9.78 Å². The molecule has 0 spiro atoms. The number of carboxylic acid groups (broad SMARTS) is 1. The number of rotatable bonds is 1. The van der Waals surface area contributed by atoms with Crippen LogP contribution >= 0.6 is 0 Å². The minimum atomic E-state index is -1.03. The molecule has 0 aliphatic rings. The van der Waals surface area contributed by atoms with E-state index in [1.165, 1.54) is 12.4 Å². The molecule has 0 fully saturated rings. The summed E-state index contributed by atoms with van der Waals surface area (Å²) >= 11 is 0. The van der Waals surface area contributed by atoms with E-state index < -0.39 is 5.97 Å². The van der Waals surface area contributed by atoms with E-state index in [1.807, 2.05) is 0 Å². The quantitative estimate of drug-likeness (QED) is 0.670. The SMILES string of the molecule is Cn1c2cccc(C(=O)O)c2c2nc[nH]c(=O)c21. The van der Waals surface area contributed by atoms with E-state index in [2.05, 4.69) is 9.97 Å². The van der Waals surface area contributed by atoms with E-state index >= 15 is 0 Å². The first-order valence-corrected chi connectivity index (χ1v) is 5.29. The lowest BCUT2D eigenvalue weighted by molar-refractivity contribution is 0.0699. The van der Waals surface area contributed by atoms with Crippen molar-refractivity contribution in [2.45, 2.75) is 0 Å². The molecule has 0 unspecified atom stereocenters. The standard InChI is InChI=1S/C12H9N3O3/c1-15-7-4-2-3-6(12(17)18)8(7)9-10(15)11(16)14-5-13-9/h2-5H,1H3,(H,17,18)(H,13,14,16). The monoisotopic (exact) mass is 243 g/mol. The van der Waals surface area contributed by atoms with E-state index in [-0.39, 0.29) is 11.1 Å². The molecule has 0 atom stereocenters. The van der Waals surface area contributed by atoms with Crippen molar-refractivity contribution in [1.82, 2.24) is 14.5 Å². The number of carboxylic acids is 1. The van der Waals surface area contributed by atoms with E-state index in [1.54, 1.807) is 23.7 Å². The molecular formula is C12H9N3O3. The van der Waals surface area contributed by atoms with Gasteiger partial charge in [-0.1, -0.05) is 6.07 Å². The molecule has 1 aromatic carbocycles. The Balaban J connectivity index is 2.70. The summed E-state index contributed by atoms with van der Waals surface area (Å²) in [6.07, 6.45) is 1.28. The molecule has 3 rings (SSSR count). The molecule has 2 N–H and O–H groups in total. The first kappa shape index (κ1) is 10.5. The van der Waals surface area contributed by atoms with Crippen molar-refractivity contribution in [1.29, 1.82) is 0 Å². The van der Waals surface area contributed by atoms with Crippen LogP contribution in [0.15, 0.2) is 29.3 Å². The molecule has 2 heterocycles. The van der Waals surface area contributed by atoms with Crippen molar-refractivity contribution in [2.24, 2.45) is 7.05 Å². The summed E-state index contributed by atoms with van der Waals surface area (Å²) in [5.41, 5.74) is 1.33. The average Bonchev–Trinajstić information content (AvgIpc) is 2.65. The number of aryl methyl sites for hydroxylation is 1. The Kier molecular flexibility index (Phi) is 2.00. The van der Waals surface area contributed by atoms with Gasteiger partial charge >= 0.3 is 5.97 Å². The Morgan fingerprint density at radius 3 is 2.94 bits per heavy atom. The number of fused-ring (bicyclic) bond motifs is 3. The molecule has 0 bridgehead atoms. The van der Waals surface area contributed by atoms with Crippen LogP contribution in [0.1, 0.15) is 10.4 Å². The molecule has 0 aliphatic heterocycles. The van der Waals surface area contributed by atoms with Crippen LogP contribution in [0.4, 0.5) is 0 Å². The van der Waals surface area contributed by atoms with Gasteiger partial charge in [0.05, 0.1) is 17.4 Å². The largest absolute Gasteiger partial charge is 0.478 e. The highest BCUT2D eigenvalue weighted by Gasteiger charge is 2.17. The fourth-order valence-electron chi connectivity index (χ4n) is 2.25. The second kappa shape index (κ2) is 3.43. The molecule has 0 amide bonds. The molecule has 90 valence electrons. The number of nitrogens with one attached hydrogen (secondary N) is 1. The van der Waals surface area contributed by atoms with Crippen LogP contribution in [0, 0.1) is 0 Å². The third-order valence-corrected chi connectivity index (χ3v) is 3.04. The fraction of sp³-hybridized carbons (Fsp3) is 0.0833. The zero-order chi connectivity index (χ0) is 12.9. The Labute approximate surface area is 101 Å². The normalized spacial score (nSPS) is 11.2. The highest BCUT2D eigenvalue weighted by Crippen LogP contribution is 2.27. The molecule has 6 heteroatoms. The summed E-state index contributed by atoms with van der Waals surface area (Å²) in [4.78, 5) is 29.6. The molecular weight excluding hydrogens is 234 g/mol. The molecule has 0 aliphatic carbocycles. The van der Waals surface area contributed by atoms with Crippen molar-refractivity contribution in [3.63, 3.8) is 0 Å². The van der Waals surface area contributed by atoms with Gasteiger partial charge in [-0.3, -0.25) is 4.79 Å². The van der Waals surface area contributed by atoms with Gasteiger partial charge < -0.3 is 14.7 Å². The lowest BCUT2D eigenvalue weighted by Gasteiger charge is -1.98. The molecule has 0 saturated carbocycles. The smallest absolute Gasteiger partial charge is 0.336 e. The summed E-state index contributed by atoms with van der Waals surface area (Å²) in [6, 6.07) is 4.93. The first-order valence-electron chi connectivity index (χ1n) is 5.29. The Bertz CT molecular complexity index is 845. The van der Waals surface area contributed by atoms with Gasteiger partial charge in [0.1, 0.15) is 11.0 Å². The molecule has 3 aromatic rings. The Hall–Kier alpha value is -2.63. The number of aromatic nitrogens is 3.